The molecule has 0 saturated carbocycles. The third-order valence-corrected chi connectivity index (χ3v) is 3.63. The summed E-state index contributed by atoms with van der Waals surface area (Å²) in [7, 11) is 0. The number of thiazole rings is 1. The van der Waals surface area contributed by atoms with Gasteiger partial charge in [0.25, 0.3) is 0 Å². The molecule has 0 radical (unpaired) electrons. The van der Waals surface area contributed by atoms with Gasteiger partial charge >= 0.3 is 0 Å². The fourth-order valence-corrected chi connectivity index (χ4v) is 2.69. The number of anilines is 1. The van der Waals surface area contributed by atoms with Gasteiger partial charge in [-0.1, -0.05) is 29.9 Å². The molecule has 17 heavy (non-hydrogen) atoms. The molecule has 1 aromatic heterocycles. The molecule has 1 N–H and O–H groups in total. The van der Waals surface area contributed by atoms with E-state index in [4.69, 9.17) is 11.6 Å². The minimum Gasteiger partial charge on any atom is -0.253 e. The molecule has 90 valence electrons. The third-order valence-electron chi connectivity index (χ3n) is 2.50. The van der Waals surface area contributed by atoms with Crippen molar-refractivity contribution in [3.63, 3.8) is 0 Å². The predicted octanol–water partition coefficient (Wildman–Crippen LogP) is 4.46. The van der Waals surface area contributed by atoms with Crippen molar-refractivity contribution in [1.29, 1.82) is 0 Å². The second-order valence-corrected chi connectivity index (χ2v) is 5.37. The lowest BCUT2D eigenvalue weighted by Crippen LogP contribution is -1.94. The van der Waals surface area contributed by atoms with Crippen molar-refractivity contribution >= 4 is 44.0 Å². The van der Waals surface area contributed by atoms with E-state index in [0.717, 1.165) is 38.1 Å². The van der Waals surface area contributed by atoms with Crippen molar-refractivity contribution in [3.05, 3.63) is 22.7 Å². The van der Waals surface area contributed by atoms with Gasteiger partial charge in [0.2, 0.25) is 5.13 Å². The van der Waals surface area contributed by atoms with Gasteiger partial charge in [-0.2, -0.15) is 5.10 Å². The number of hydrogen-bond acceptors (Lipinski definition) is 4. The molecule has 0 amide bonds. The van der Waals surface area contributed by atoms with Gasteiger partial charge in [0, 0.05) is 10.7 Å². The molecule has 0 atom stereocenters. The van der Waals surface area contributed by atoms with Gasteiger partial charge in [-0.05, 0) is 38.0 Å². The van der Waals surface area contributed by atoms with Gasteiger partial charge in [0.1, 0.15) is 0 Å². The van der Waals surface area contributed by atoms with Crippen LogP contribution in [0.1, 0.15) is 25.8 Å². The molecule has 1 heterocycles. The van der Waals surface area contributed by atoms with E-state index >= 15 is 0 Å². The zero-order chi connectivity index (χ0) is 12.4. The highest BCUT2D eigenvalue weighted by Crippen LogP contribution is 2.30. The normalized spacial score (nSPS) is 12.1. The highest BCUT2D eigenvalue weighted by molar-refractivity contribution is 7.22. The molecule has 0 saturated heterocycles. The van der Waals surface area contributed by atoms with E-state index in [1.54, 1.807) is 11.3 Å². The fourth-order valence-electron chi connectivity index (χ4n) is 1.42. The molecule has 0 aliphatic heterocycles. The van der Waals surface area contributed by atoms with Crippen molar-refractivity contribution in [2.75, 3.05) is 5.43 Å². The maximum Gasteiger partial charge on any atom is 0.204 e. The summed E-state index contributed by atoms with van der Waals surface area (Å²) < 4.78 is 1.09. The van der Waals surface area contributed by atoms with Gasteiger partial charge in [-0.15, -0.1) is 0 Å². The highest BCUT2D eigenvalue weighted by Gasteiger charge is 2.06. The van der Waals surface area contributed by atoms with E-state index in [1.165, 1.54) is 0 Å². The van der Waals surface area contributed by atoms with Crippen molar-refractivity contribution in [2.24, 2.45) is 5.10 Å². The molecule has 0 spiro atoms. The second-order valence-electron chi connectivity index (χ2n) is 3.90. The predicted molar refractivity (Wildman–Crippen MR) is 76.4 cm³/mol. The van der Waals surface area contributed by atoms with Gasteiger partial charge < -0.3 is 0 Å². The Morgan fingerprint density at radius 2 is 2.29 bits per heavy atom. The van der Waals surface area contributed by atoms with E-state index in [-0.39, 0.29) is 0 Å². The second kappa shape index (κ2) is 5.02. The van der Waals surface area contributed by atoms with Crippen molar-refractivity contribution < 1.29 is 0 Å². The van der Waals surface area contributed by atoms with Crippen LogP contribution in [0.15, 0.2) is 17.2 Å². The molecule has 3 nitrogen and oxygen atoms in total. The molecule has 0 aliphatic carbocycles. The SMILES string of the molecule is CC/C(C)=N\Nc1nc2c(C)cc(Cl)cc2s1. The van der Waals surface area contributed by atoms with Gasteiger partial charge in [0.05, 0.1) is 10.2 Å². The summed E-state index contributed by atoms with van der Waals surface area (Å²) >= 11 is 7.58. The summed E-state index contributed by atoms with van der Waals surface area (Å²) in [4.78, 5) is 4.50. The Morgan fingerprint density at radius 3 is 3.00 bits per heavy atom. The number of nitrogens with one attached hydrogen (secondary N) is 1. The number of halogens is 1. The van der Waals surface area contributed by atoms with Crippen LogP contribution >= 0.6 is 22.9 Å². The Morgan fingerprint density at radius 1 is 1.53 bits per heavy atom. The fraction of sp³-hybridized carbons (Fsp3) is 0.333. The molecule has 0 fully saturated rings. The van der Waals surface area contributed by atoms with Crippen LogP contribution in [0.4, 0.5) is 5.13 Å². The summed E-state index contributed by atoms with van der Waals surface area (Å²) in [5.41, 5.74) is 6.12. The Kier molecular flexibility index (Phi) is 3.64. The molecule has 0 bridgehead atoms. The molecular weight excluding hydrogens is 254 g/mol. The number of fused-ring (bicyclic) bond motifs is 1. The van der Waals surface area contributed by atoms with Gasteiger partial charge in [0.15, 0.2) is 0 Å². The lowest BCUT2D eigenvalue weighted by molar-refractivity contribution is 1.20. The van der Waals surface area contributed by atoms with Crippen LogP contribution in [-0.4, -0.2) is 10.7 Å². The van der Waals surface area contributed by atoms with Crippen LogP contribution < -0.4 is 5.43 Å². The average molecular weight is 268 g/mol. The van der Waals surface area contributed by atoms with Crippen molar-refractivity contribution in [1.82, 2.24) is 4.98 Å². The number of hydrogen-bond donors (Lipinski definition) is 1. The average Bonchev–Trinajstić information content (AvgIpc) is 2.69. The molecule has 0 aliphatic rings. The summed E-state index contributed by atoms with van der Waals surface area (Å²) in [5.74, 6) is 0. The topological polar surface area (TPSA) is 37.3 Å². The Balaban J connectivity index is 2.35. The van der Waals surface area contributed by atoms with E-state index in [0.29, 0.717) is 0 Å². The van der Waals surface area contributed by atoms with E-state index < -0.39 is 0 Å². The van der Waals surface area contributed by atoms with E-state index in [1.807, 2.05) is 26.0 Å². The number of aryl methyl sites for hydroxylation is 1. The monoisotopic (exact) mass is 267 g/mol. The van der Waals surface area contributed by atoms with Crippen LogP contribution in [0, 0.1) is 6.92 Å². The first-order chi connectivity index (χ1) is 8.10. The van der Waals surface area contributed by atoms with Crippen molar-refractivity contribution in [3.8, 4) is 0 Å². The molecule has 1 aromatic carbocycles. The molecule has 0 unspecified atom stereocenters. The largest absolute Gasteiger partial charge is 0.253 e. The first-order valence-corrected chi connectivity index (χ1v) is 6.65. The molecule has 2 aromatic rings. The number of benzene rings is 1. The minimum absolute atomic E-state index is 0.749. The first-order valence-electron chi connectivity index (χ1n) is 5.46. The lowest BCUT2D eigenvalue weighted by Gasteiger charge is -1.95. The van der Waals surface area contributed by atoms with Crippen molar-refractivity contribution in [2.45, 2.75) is 27.2 Å². The Bertz CT molecular complexity index is 574. The number of nitrogens with zero attached hydrogens (tertiary/aromatic N) is 2. The summed E-state index contributed by atoms with van der Waals surface area (Å²) in [5, 5.41) is 5.79. The standard InChI is InChI=1S/C12H14ClN3S/c1-4-8(3)15-16-12-14-11-7(2)5-9(13)6-10(11)17-12/h5-6H,4H2,1-3H3,(H,14,16)/b15-8-. The van der Waals surface area contributed by atoms with Gasteiger partial charge in [-0.25, -0.2) is 4.98 Å². The van der Waals surface area contributed by atoms with Gasteiger partial charge in [-0.3, -0.25) is 5.43 Å². The van der Waals surface area contributed by atoms with E-state index in [2.05, 4.69) is 22.4 Å². The number of rotatable bonds is 3. The van der Waals surface area contributed by atoms with E-state index in [9.17, 15) is 0 Å². The first kappa shape index (κ1) is 12.3. The van der Waals surface area contributed by atoms with Crippen LogP contribution in [-0.2, 0) is 0 Å². The lowest BCUT2D eigenvalue weighted by atomic mass is 10.2. The molecular formula is C12H14ClN3S. The van der Waals surface area contributed by atoms with Crippen LogP contribution in [0.5, 0.6) is 0 Å². The maximum atomic E-state index is 6.01. The summed E-state index contributed by atoms with van der Waals surface area (Å²) in [6, 6.07) is 3.86. The van der Waals surface area contributed by atoms with Crippen LogP contribution in [0.2, 0.25) is 5.02 Å². The zero-order valence-corrected chi connectivity index (χ0v) is 11.6. The summed E-state index contributed by atoms with van der Waals surface area (Å²) in [6.45, 7) is 6.07. The van der Waals surface area contributed by atoms with Crippen LogP contribution in [0.25, 0.3) is 10.2 Å². The summed E-state index contributed by atoms with van der Waals surface area (Å²) in [6.07, 6.45) is 0.933. The number of aromatic nitrogens is 1. The Hall–Kier alpha value is -1.13. The quantitative estimate of drug-likeness (QED) is 0.659. The Labute approximate surface area is 110 Å². The minimum atomic E-state index is 0.749. The highest BCUT2D eigenvalue weighted by atomic mass is 35.5. The smallest absolute Gasteiger partial charge is 0.204 e. The third kappa shape index (κ3) is 2.76. The zero-order valence-electron chi connectivity index (χ0n) is 10.0. The maximum absolute atomic E-state index is 6.01. The molecule has 2 rings (SSSR count). The number of hydrazone groups is 1. The molecule has 5 heteroatoms. The van der Waals surface area contributed by atoms with Crippen LogP contribution in [0.3, 0.4) is 0 Å².